The highest BCUT2D eigenvalue weighted by atomic mass is 32.2. The van der Waals surface area contributed by atoms with Crippen LogP contribution in [0.25, 0.3) is 0 Å². The molecule has 0 radical (unpaired) electrons. The Balaban J connectivity index is 1.68. The lowest BCUT2D eigenvalue weighted by atomic mass is 10.1. The van der Waals surface area contributed by atoms with Crippen LogP contribution in [0.15, 0.2) is 52.3 Å². The number of ether oxygens (including phenoxy) is 1. The van der Waals surface area contributed by atoms with Crippen molar-refractivity contribution in [1.82, 2.24) is 0 Å². The van der Waals surface area contributed by atoms with E-state index in [1.54, 1.807) is 17.8 Å². The largest absolute Gasteiger partial charge is 0.508 e. The molecule has 3 heteroatoms. The molecule has 136 valence electrons. The molecule has 1 N–H and O–H groups in total. The first-order chi connectivity index (χ1) is 12.2. The van der Waals surface area contributed by atoms with Gasteiger partial charge in [-0.2, -0.15) is 0 Å². The summed E-state index contributed by atoms with van der Waals surface area (Å²) in [6, 6.07) is 14.0. The van der Waals surface area contributed by atoms with Gasteiger partial charge in [0.05, 0.1) is 6.61 Å². The van der Waals surface area contributed by atoms with E-state index >= 15 is 0 Å². The number of hydrogen-bond acceptors (Lipinski definition) is 3. The van der Waals surface area contributed by atoms with Gasteiger partial charge in [0, 0.05) is 9.79 Å². The van der Waals surface area contributed by atoms with Crippen LogP contribution in [0.2, 0.25) is 0 Å². The fourth-order valence-electron chi connectivity index (χ4n) is 2.68. The summed E-state index contributed by atoms with van der Waals surface area (Å²) in [5.41, 5.74) is 0.902. The second-order valence-electron chi connectivity index (χ2n) is 6.49. The number of phenolic OH excluding ortho intramolecular Hbond substituents is 1. The summed E-state index contributed by atoms with van der Waals surface area (Å²) < 4.78 is 5.83. The normalized spacial score (nSPS) is 10.8. The average molecular weight is 359 g/mol. The predicted octanol–water partition coefficient (Wildman–Crippen LogP) is 6.98. The molecule has 0 saturated carbocycles. The maximum absolute atomic E-state index is 9.59. The lowest BCUT2D eigenvalue weighted by Crippen LogP contribution is -1.97. The molecule has 0 heterocycles. The summed E-state index contributed by atoms with van der Waals surface area (Å²) in [5, 5.41) is 9.59. The molecule has 0 amide bonds. The van der Waals surface area contributed by atoms with E-state index in [-0.39, 0.29) is 0 Å². The Kier molecular flexibility index (Phi) is 8.75. The van der Waals surface area contributed by atoms with Crippen LogP contribution in [0.4, 0.5) is 0 Å². The maximum atomic E-state index is 9.59. The molecule has 2 aromatic carbocycles. The van der Waals surface area contributed by atoms with Crippen molar-refractivity contribution < 1.29 is 9.84 Å². The number of rotatable bonds is 11. The molecule has 0 aliphatic rings. The van der Waals surface area contributed by atoms with Crippen LogP contribution < -0.4 is 4.74 Å². The van der Waals surface area contributed by atoms with E-state index in [9.17, 15) is 5.11 Å². The van der Waals surface area contributed by atoms with Gasteiger partial charge in [0.2, 0.25) is 0 Å². The molecule has 0 aliphatic heterocycles. The van der Waals surface area contributed by atoms with Crippen molar-refractivity contribution in [1.29, 1.82) is 0 Å². The third kappa shape index (κ3) is 7.43. The Hall–Kier alpha value is -1.61. The summed E-state index contributed by atoms with van der Waals surface area (Å²) in [6.45, 7) is 4.97. The molecule has 2 nitrogen and oxygen atoms in total. The number of hydrogen-bond donors (Lipinski definition) is 1. The minimum atomic E-state index is 0.346. The van der Waals surface area contributed by atoms with Gasteiger partial charge >= 0.3 is 0 Å². The molecule has 0 aliphatic carbocycles. The standard InChI is InChI=1S/C22H30O2S/c1-3-4-5-6-7-8-9-16-24-19-10-12-20(13-11-19)25-21-14-15-22(23)18(2)17-21/h10-15,17,23H,3-9,16H2,1-2H3. The topological polar surface area (TPSA) is 29.5 Å². The van der Waals surface area contributed by atoms with E-state index in [0.29, 0.717) is 5.75 Å². The molecule has 2 aromatic rings. The summed E-state index contributed by atoms with van der Waals surface area (Å²) >= 11 is 1.69. The fraction of sp³-hybridized carbons (Fsp3) is 0.455. The van der Waals surface area contributed by atoms with E-state index in [4.69, 9.17) is 4.74 Å². The van der Waals surface area contributed by atoms with Crippen molar-refractivity contribution in [3.8, 4) is 11.5 Å². The van der Waals surface area contributed by atoms with E-state index < -0.39 is 0 Å². The Morgan fingerprint density at radius 2 is 1.48 bits per heavy atom. The maximum Gasteiger partial charge on any atom is 0.119 e. The van der Waals surface area contributed by atoms with Crippen molar-refractivity contribution in [3.05, 3.63) is 48.0 Å². The van der Waals surface area contributed by atoms with Crippen LogP contribution in [-0.2, 0) is 0 Å². The monoisotopic (exact) mass is 358 g/mol. The molecule has 2 rings (SSSR count). The molecule has 25 heavy (non-hydrogen) atoms. The zero-order valence-electron chi connectivity index (χ0n) is 15.5. The quantitative estimate of drug-likeness (QED) is 0.439. The van der Waals surface area contributed by atoms with Gasteiger partial charge in [-0.05, 0) is 61.4 Å². The molecular formula is C22H30O2S. The SMILES string of the molecule is CCCCCCCCCOc1ccc(Sc2ccc(O)c(C)c2)cc1. The lowest BCUT2D eigenvalue weighted by Gasteiger charge is -2.08. The first-order valence-corrected chi connectivity index (χ1v) is 10.2. The molecule has 0 bridgehead atoms. The number of benzene rings is 2. The fourth-order valence-corrected chi connectivity index (χ4v) is 3.60. The third-order valence-corrected chi connectivity index (χ3v) is 5.24. The van der Waals surface area contributed by atoms with Crippen LogP contribution in [0, 0.1) is 6.92 Å². The summed E-state index contributed by atoms with van der Waals surface area (Å²) in [7, 11) is 0. The van der Waals surface area contributed by atoms with Crippen LogP contribution in [-0.4, -0.2) is 11.7 Å². The minimum absolute atomic E-state index is 0.346. The van der Waals surface area contributed by atoms with Crippen molar-refractivity contribution in [2.45, 2.75) is 68.6 Å². The van der Waals surface area contributed by atoms with Gasteiger partial charge in [-0.1, -0.05) is 57.2 Å². The zero-order valence-corrected chi connectivity index (χ0v) is 16.3. The van der Waals surface area contributed by atoms with Gasteiger partial charge in [0.25, 0.3) is 0 Å². The second-order valence-corrected chi connectivity index (χ2v) is 7.64. The van der Waals surface area contributed by atoms with Gasteiger partial charge in [-0.3, -0.25) is 0 Å². The Labute approximate surface area is 156 Å². The Bertz CT molecular complexity index is 622. The van der Waals surface area contributed by atoms with Crippen molar-refractivity contribution in [2.75, 3.05) is 6.61 Å². The highest BCUT2D eigenvalue weighted by Crippen LogP contribution is 2.31. The van der Waals surface area contributed by atoms with Gasteiger partial charge in [-0.25, -0.2) is 0 Å². The summed E-state index contributed by atoms with van der Waals surface area (Å²) in [5.74, 6) is 1.29. The van der Waals surface area contributed by atoms with Gasteiger partial charge < -0.3 is 9.84 Å². The van der Waals surface area contributed by atoms with Crippen LogP contribution in [0.1, 0.15) is 57.4 Å². The molecule has 0 unspecified atom stereocenters. The first-order valence-electron chi connectivity index (χ1n) is 9.39. The number of aromatic hydroxyl groups is 1. The van der Waals surface area contributed by atoms with Gasteiger partial charge in [-0.15, -0.1) is 0 Å². The molecular weight excluding hydrogens is 328 g/mol. The summed E-state index contributed by atoms with van der Waals surface area (Å²) in [4.78, 5) is 2.31. The average Bonchev–Trinajstić information content (AvgIpc) is 2.62. The molecule has 0 atom stereocenters. The van der Waals surface area contributed by atoms with Crippen molar-refractivity contribution >= 4 is 11.8 Å². The molecule has 0 spiro atoms. The highest BCUT2D eigenvalue weighted by molar-refractivity contribution is 7.99. The number of phenols is 1. The third-order valence-electron chi connectivity index (χ3n) is 4.24. The van der Waals surface area contributed by atoms with Crippen molar-refractivity contribution in [3.63, 3.8) is 0 Å². The van der Waals surface area contributed by atoms with Crippen molar-refractivity contribution in [2.24, 2.45) is 0 Å². The smallest absolute Gasteiger partial charge is 0.119 e. The second kappa shape index (κ2) is 11.1. The predicted molar refractivity (Wildman–Crippen MR) is 107 cm³/mol. The van der Waals surface area contributed by atoms with Gasteiger partial charge in [0.1, 0.15) is 11.5 Å². The number of aryl methyl sites for hydroxylation is 1. The molecule has 0 fully saturated rings. The van der Waals surface area contributed by atoms with Gasteiger partial charge in [0.15, 0.2) is 0 Å². The minimum Gasteiger partial charge on any atom is -0.508 e. The highest BCUT2D eigenvalue weighted by Gasteiger charge is 2.02. The first kappa shape index (κ1) is 19.7. The Morgan fingerprint density at radius 3 is 2.16 bits per heavy atom. The lowest BCUT2D eigenvalue weighted by molar-refractivity contribution is 0.304. The zero-order chi connectivity index (χ0) is 17.9. The molecule has 0 aromatic heterocycles. The number of unbranched alkanes of at least 4 members (excludes halogenated alkanes) is 6. The van der Waals surface area contributed by atoms with E-state index in [1.807, 2.05) is 31.2 Å². The van der Waals surface area contributed by atoms with Crippen LogP contribution in [0.5, 0.6) is 11.5 Å². The van der Waals surface area contributed by atoms with Crippen LogP contribution in [0.3, 0.4) is 0 Å². The Morgan fingerprint density at radius 1 is 0.840 bits per heavy atom. The van der Waals surface area contributed by atoms with E-state index in [2.05, 4.69) is 19.1 Å². The van der Waals surface area contributed by atoms with E-state index in [1.165, 1.54) is 43.4 Å². The van der Waals surface area contributed by atoms with Crippen LogP contribution >= 0.6 is 11.8 Å². The summed E-state index contributed by atoms with van der Waals surface area (Å²) in [6.07, 6.45) is 9.13. The van der Waals surface area contributed by atoms with E-state index in [0.717, 1.165) is 29.2 Å². The molecule has 0 saturated heterocycles.